The standard InChI is InChI=1S/C18H25N5O3S/c19-14-4-1-3-13(11-14)18(24)22-7-9-23(10-8-22)27(25,26)16-12-21-17-15(16)5-2-6-20-17/h2,5-6,12-14H,1,3-4,7-11,19H2,(H,20,21). The Balaban J connectivity index is 1.45. The van der Waals surface area contributed by atoms with Crippen LogP contribution in [0.3, 0.4) is 0 Å². The van der Waals surface area contributed by atoms with Gasteiger partial charge < -0.3 is 15.6 Å². The van der Waals surface area contributed by atoms with Crippen molar-refractivity contribution in [3.63, 3.8) is 0 Å². The fourth-order valence-electron chi connectivity index (χ4n) is 4.14. The minimum absolute atomic E-state index is 0.0170. The van der Waals surface area contributed by atoms with Crippen molar-refractivity contribution in [1.29, 1.82) is 0 Å². The van der Waals surface area contributed by atoms with E-state index in [9.17, 15) is 13.2 Å². The van der Waals surface area contributed by atoms with Crippen LogP contribution in [0.5, 0.6) is 0 Å². The fourth-order valence-corrected chi connectivity index (χ4v) is 5.71. The SMILES string of the molecule is NC1CCCC(C(=O)N2CCN(S(=O)(=O)c3c[nH]c4ncccc34)CC2)C1. The number of H-pyrrole nitrogens is 1. The van der Waals surface area contributed by atoms with Crippen LogP contribution < -0.4 is 5.73 Å². The Bertz CT molecular complexity index is 933. The van der Waals surface area contributed by atoms with Crippen LogP contribution in [0.25, 0.3) is 11.0 Å². The third-order valence-corrected chi connectivity index (χ3v) is 7.58. The van der Waals surface area contributed by atoms with E-state index in [-0.39, 0.29) is 22.8 Å². The molecular formula is C18H25N5O3S. The summed E-state index contributed by atoms with van der Waals surface area (Å²) in [6, 6.07) is 3.57. The van der Waals surface area contributed by atoms with Crippen LogP contribution in [0, 0.1) is 5.92 Å². The largest absolute Gasteiger partial charge is 0.345 e. The molecule has 0 bridgehead atoms. The van der Waals surface area contributed by atoms with Gasteiger partial charge in [0.15, 0.2) is 0 Å². The number of aromatic nitrogens is 2. The monoisotopic (exact) mass is 391 g/mol. The van der Waals surface area contributed by atoms with Crippen LogP contribution in [0.2, 0.25) is 0 Å². The van der Waals surface area contributed by atoms with Crippen molar-refractivity contribution >= 4 is 27.0 Å². The zero-order chi connectivity index (χ0) is 19.0. The van der Waals surface area contributed by atoms with Crippen molar-refractivity contribution in [2.75, 3.05) is 26.2 Å². The van der Waals surface area contributed by atoms with Gasteiger partial charge in [0.05, 0.1) is 0 Å². The number of piperazine rings is 1. The Kier molecular flexibility index (Phi) is 4.92. The molecule has 2 aliphatic rings. The average molecular weight is 391 g/mol. The molecule has 1 aliphatic heterocycles. The van der Waals surface area contributed by atoms with E-state index in [2.05, 4.69) is 9.97 Å². The van der Waals surface area contributed by atoms with Gasteiger partial charge in [-0.3, -0.25) is 4.79 Å². The van der Waals surface area contributed by atoms with Crippen molar-refractivity contribution in [3.8, 4) is 0 Å². The molecule has 0 radical (unpaired) electrons. The number of hydrogen-bond acceptors (Lipinski definition) is 5. The predicted molar refractivity (Wildman–Crippen MR) is 101 cm³/mol. The number of rotatable bonds is 3. The Morgan fingerprint density at radius 1 is 1.22 bits per heavy atom. The summed E-state index contributed by atoms with van der Waals surface area (Å²) >= 11 is 0. The van der Waals surface area contributed by atoms with Crippen LogP contribution >= 0.6 is 0 Å². The maximum atomic E-state index is 13.0. The summed E-state index contributed by atoms with van der Waals surface area (Å²) < 4.78 is 27.5. The van der Waals surface area contributed by atoms with E-state index >= 15 is 0 Å². The molecule has 2 fully saturated rings. The van der Waals surface area contributed by atoms with E-state index in [1.165, 1.54) is 10.5 Å². The van der Waals surface area contributed by atoms with Crippen LogP contribution in [0.15, 0.2) is 29.4 Å². The van der Waals surface area contributed by atoms with Crippen LogP contribution in [-0.4, -0.2) is 65.7 Å². The van der Waals surface area contributed by atoms with Crippen LogP contribution in [-0.2, 0) is 14.8 Å². The molecule has 3 N–H and O–H groups in total. The molecule has 9 heteroatoms. The predicted octanol–water partition coefficient (Wildman–Crippen LogP) is 0.913. The highest BCUT2D eigenvalue weighted by molar-refractivity contribution is 7.89. The first kappa shape index (κ1) is 18.4. The van der Waals surface area contributed by atoms with Gasteiger partial charge in [0, 0.05) is 55.9 Å². The molecule has 2 atom stereocenters. The first-order chi connectivity index (χ1) is 13.0. The molecule has 4 rings (SSSR count). The lowest BCUT2D eigenvalue weighted by Gasteiger charge is -2.37. The smallest absolute Gasteiger partial charge is 0.245 e. The minimum atomic E-state index is -3.62. The van der Waals surface area contributed by atoms with E-state index < -0.39 is 10.0 Å². The van der Waals surface area contributed by atoms with Crippen LogP contribution in [0.1, 0.15) is 25.7 Å². The number of pyridine rings is 1. The summed E-state index contributed by atoms with van der Waals surface area (Å²) in [5.41, 5.74) is 6.56. The number of fused-ring (bicyclic) bond motifs is 1. The van der Waals surface area contributed by atoms with Crippen molar-refractivity contribution in [2.45, 2.75) is 36.6 Å². The molecule has 2 aromatic heterocycles. The summed E-state index contributed by atoms with van der Waals surface area (Å²) in [6.07, 6.45) is 6.70. The molecule has 1 saturated carbocycles. The zero-order valence-corrected chi connectivity index (χ0v) is 16.0. The van der Waals surface area contributed by atoms with E-state index in [0.717, 1.165) is 25.7 Å². The Labute approximate surface area is 158 Å². The molecular weight excluding hydrogens is 366 g/mol. The Morgan fingerprint density at radius 2 is 2.00 bits per heavy atom. The minimum Gasteiger partial charge on any atom is -0.345 e. The fraction of sp³-hybridized carbons (Fsp3) is 0.556. The lowest BCUT2D eigenvalue weighted by molar-refractivity contribution is -0.137. The molecule has 0 spiro atoms. The number of carbonyl (C=O) groups is 1. The van der Waals surface area contributed by atoms with Gasteiger partial charge in [-0.25, -0.2) is 13.4 Å². The molecule has 2 aromatic rings. The second kappa shape index (κ2) is 7.21. The molecule has 2 unspecified atom stereocenters. The number of nitrogens with zero attached hydrogens (tertiary/aromatic N) is 3. The molecule has 0 aromatic carbocycles. The normalized spacial score (nSPS) is 25.0. The van der Waals surface area contributed by atoms with Gasteiger partial charge in [0.2, 0.25) is 15.9 Å². The number of sulfonamides is 1. The highest BCUT2D eigenvalue weighted by Crippen LogP contribution is 2.27. The topological polar surface area (TPSA) is 112 Å². The molecule has 27 heavy (non-hydrogen) atoms. The van der Waals surface area contributed by atoms with Gasteiger partial charge in [-0.05, 0) is 31.4 Å². The summed E-state index contributed by atoms with van der Waals surface area (Å²) in [5, 5.41) is 0.590. The maximum absolute atomic E-state index is 13.0. The first-order valence-corrected chi connectivity index (χ1v) is 10.9. The van der Waals surface area contributed by atoms with Gasteiger partial charge in [-0.1, -0.05) is 6.42 Å². The number of hydrogen-bond donors (Lipinski definition) is 2. The number of aromatic amines is 1. The second-order valence-corrected chi connectivity index (χ2v) is 9.31. The van der Waals surface area contributed by atoms with Gasteiger partial charge >= 0.3 is 0 Å². The molecule has 3 heterocycles. The first-order valence-electron chi connectivity index (χ1n) is 9.43. The molecule has 146 valence electrons. The third kappa shape index (κ3) is 3.46. The Hall–Kier alpha value is -1.97. The maximum Gasteiger partial charge on any atom is 0.245 e. The van der Waals surface area contributed by atoms with Gasteiger partial charge in [-0.2, -0.15) is 4.31 Å². The van der Waals surface area contributed by atoms with E-state index in [0.29, 0.717) is 37.2 Å². The number of carbonyl (C=O) groups excluding carboxylic acids is 1. The van der Waals surface area contributed by atoms with Crippen molar-refractivity contribution in [1.82, 2.24) is 19.2 Å². The third-order valence-electron chi connectivity index (χ3n) is 5.65. The average Bonchev–Trinajstić information content (AvgIpc) is 3.12. The lowest BCUT2D eigenvalue weighted by atomic mass is 9.85. The quantitative estimate of drug-likeness (QED) is 0.808. The summed E-state index contributed by atoms with van der Waals surface area (Å²) in [4.78, 5) is 21.9. The zero-order valence-electron chi connectivity index (χ0n) is 15.2. The van der Waals surface area contributed by atoms with Crippen molar-refractivity contribution < 1.29 is 13.2 Å². The molecule has 1 saturated heterocycles. The molecule has 1 amide bonds. The van der Waals surface area contributed by atoms with Gasteiger partial charge in [0.1, 0.15) is 10.5 Å². The molecule has 8 nitrogen and oxygen atoms in total. The van der Waals surface area contributed by atoms with Crippen molar-refractivity contribution in [2.24, 2.45) is 11.7 Å². The highest BCUT2D eigenvalue weighted by Gasteiger charge is 2.34. The van der Waals surface area contributed by atoms with E-state index in [1.807, 2.05) is 0 Å². The van der Waals surface area contributed by atoms with E-state index in [4.69, 9.17) is 5.73 Å². The molecule has 1 aliphatic carbocycles. The highest BCUT2D eigenvalue weighted by atomic mass is 32.2. The van der Waals surface area contributed by atoms with Crippen molar-refractivity contribution in [3.05, 3.63) is 24.5 Å². The van der Waals surface area contributed by atoms with E-state index in [1.54, 1.807) is 23.2 Å². The van der Waals surface area contributed by atoms with Gasteiger partial charge in [0.25, 0.3) is 0 Å². The summed E-state index contributed by atoms with van der Waals surface area (Å²) in [7, 11) is -3.62. The number of amides is 1. The van der Waals surface area contributed by atoms with Gasteiger partial charge in [-0.15, -0.1) is 0 Å². The second-order valence-electron chi connectivity index (χ2n) is 7.41. The summed E-state index contributed by atoms with van der Waals surface area (Å²) in [5.74, 6) is 0.107. The summed E-state index contributed by atoms with van der Waals surface area (Å²) in [6.45, 7) is 1.45. The van der Waals surface area contributed by atoms with Crippen LogP contribution in [0.4, 0.5) is 0 Å². The Morgan fingerprint density at radius 3 is 2.74 bits per heavy atom. The number of nitrogens with one attached hydrogen (secondary N) is 1. The lowest BCUT2D eigenvalue weighted by Crippen LogP contribution is -2.52. The number of nitrogens with two attached hydrogens (primary N) is 1.